The number of rotatable bonds is 3. The average molecular weight is 397 g/mol. The van der Waals surface area contributed by atoms with Gasteiger partial charge in [-0.25, -0.2) is 18.9 Å². The fraction of sp³-hybridized carbons (Fsp3) is 0.250. The molecule has 2 aliphatic rings. The van der Waals surface area contributed by atoms with Crippen LogP contribution in [0.2, 0.25) is 0 Å². The zero-order valence-corrected chi connectivity index (χ0v) is 15.8. The summed E-state index contributed by atoms with van der Waals surface area (Å²) in [7, 11) is 0. The molecule has 0 spiro atoms. The van der Waals surface area contributed by atoms with Crippen LogP contribution in [0, 0.1) is 5.82 Å². The Labute approximate surface area is 166 Å². The van der Waals surface area contributed by atoms with Gasteiger partial charge in [0.25, 0.3) is 0 Å². The summed E-state index contributed by atoms with van der Waals surface area (Å²) in [6.45, 7) is 1.39. The fourth-order valence-electron chi connectivity index (χ4n) is 3.86. The molecule has 4 heterocycles. The maximum atomic E-state index is 13.7. The second kappa shape index (κ2) is 6.91. The van der Waals surface area contributed by atoms with Gasteiger partial charge >= 0.3 is 0 Å². The first-order valence-corrected chi connectivity index (χ1v) is 9.61. The van der Waals surface area contributed by atoms with E-state index in [-0.39, 0.29) is 11.9 Å². The number of nitrogens with zero attached hydrogens (tertiary/aromatic N) is 5. The summed E-state index contributed by atoms with van der Waals surface area (Å²) in [6.07, 6.45) is 5.56. The molecule has 6 nitrogen and oxygen atoms in total. The molecule has 3 aromatic rings. The van der Waals surface area contributed by atoms with Crippen molar-refractivity contribution in [2.75, 3.05) is 18.0 Å². The molecular formula is C20H18ClFN6. The molecule has 5 rings (SSSR count). The van der Waals surface area contributed by atoms with Crippen molar-refractivity contribution in [1.29, 1.82) is 0 Å². The van der Waals surface area contributed by atoms with E-state index in [0.29, 0.717) is 17.4 Å². The number of nitrogens with one attached hydrogen (secondary N) is 1. The minimum Gasteiger partial charge on any atom is -0.383 e. The molecular weight excluding hydrogens is 379 g/mol. The fourth-order valence-corrected chi connectivity index (χ4v) is 4.03. The Balaban J connectivity index is 1.54. The van der Waals surface area contributed by atoms with Crippen LogP contribution in [0.4, 0.5) is 10.2 Å². The number of aliphatic imine (C=N–C) groups is 1. The van der Waals surface area contributed by atoms with E-state index >= 15 is 0 Å². The van der Waals surface area contributed by atoms with Crippen LogP contribution in [0.25, 0.3) is 11.3 Å². The van der Waals surface area contributed by atoms with Gasteiger partial charge in [0.1, 0.15) is 28.2 Å². The highest BCUT2D eigenvalue weighted by atomic mass is 35.5. The topological polar surface area (TPSA) is 57.8 Å². The van der Waals surface area contributed by atoms with E-state index in [1.807, 2.05) is 24.4 Å². The molecule has 2 aliphatic heterocycles. The number of benzene rings is 1. The highest BCUT2D eigenvalue weighted by Gasteiger charge is 2.28. The molecule has 1 aromatic carbocycles. The lowest BCUT2D eigenvalue weighted by Gasteiger charge is -2.26. The van der Waals surface area contributed by atoms with Gasteiger partial charge in [-0.05, 0) is 42.7 Å². The summed E-state index contributed by atoms with van der Waals surface area (Å²) in [5.41, 5.74) is 3.17. The summed E-state index contributed by atoms with van der Waals surface area (Å²) in [5.74, 6) is 0.620. The van der Waals surface area contributed by atoms with Crippen LogP contribution in [-0.4, -0.2) is 32.9 Å². The molecule has 0 radical (unpaired) electrons. The van der Waals surface area contributed by atoms with Gasteiger partial charge in [0, 0.05) is 12.7 Å². The molecule has 2 aromatic heterocycles. The van der Waals surface area contributed by atoms with Crippen molar-refractivity contribution < 1.29 is 4.39 Å². The predicted octanol–water partition coefficient (Wildman–Crippen LogP) is 3.75. The molecule has 1 unspecified atom stereocenters. The van der Waals surface area contributed by atoms with Crippen molar-refractivity contribution in [2.24, 2.45) is 4.99 Å². The highest BCUT2D eigenvalue weighted by molar-refractivity contribution is 6.66. The van der Waals surface area contributed by atoms with Gasteiger partial charge in [-0.1, -0.05) is 23.7 Å². The van der Waals surface area contributed by atoms with Crippen LogP contribution in [0.3, 0.4) is 0 Å². The van der Waals surface area contributed by atoms with Crippen LogP contribution in [0.1, 0.15) is 30.1 Å². The first-order chi connectivity index (χ1) is 13.7. The molecule has 0 saturated carbocycles. The third-order valence-corrected chi connectivity index (χ3v) is 5.34. The summed E-state index contributed by atoms with van der Waals surface area (Å²) < 4.78 is 15.5. The van der Waals surface area contributed by atoms with Gasteiger partial charge in [-0.3, -0.25) is 0 Å². The van der Waals surface area contributed by atoms with Crippen molar-refractivity contribution in [3.8, 4) is 0 Å². The zero-order valence-electron chi connectivity index (χ0n) is 15.0. The van der Waals surface area contributed by atoms with Crippen molar-refractivity contribution >= 4 is 33.9 Å². The van der Waals surface area contributed by atoms with Gasteiger partial charge in [-0.15, -0.1) is 5.10 Å². The molecule has 1 atom stereocenters. The Morgan fingerprint density at radius 3 is 3.00 bits per heavy atom. The Morgan fingerprint density at radius 2 is 2.14 bits per heavy atom. The van der Waals surface area contributed by atoms with Gasteiger partial charge in [-0.2, -0.15) is 0 Å². The van der Waals surface area contributed by atoms with E-state index in [1.54, 1.807) is 22.8 Å². The second-order valence-corrected chi connectivity index (χ2v) is 7.35. The Kier molecular flexibility index (Phi) is 4.24. The number of halogens is 2. The molecule has 1 N–H and O–H groups in total. The summed E-state index contributed by atoms with van der Waals surface area (Å²) >= 11 is 6.07. The maximum Gasteiger partial charge on any atom is 0.154 e. The van der Waals surface area contributed by atoms with Gasteiger partial charge in [0.2, 0.25) is 0 Å². The predicted molar refractivity (Wildman–Crippen MR) is 108 cm³/mol. The number of imidazole rings is 1. The molecule has 1 saturated heterocycles. The number of hydrogen-bond donors (Lipinski definition) is 1. The lowest BCUT2D eigenvalue weighted by atomic mass is 10.0. The van der Waals surface area contributed by atoms with Crippen molar-refractivity contribution in [1.82, 2.24) is 19.9 Å². The molecule has 0 amide bonds. The van der Waals surface area contributed by atoms with Crippen LogP contribution in [0.15, 0.2) is 53.8 Å². The summed E-state index contributed by atoms with van der Waals surface area (Å²) in [5, 5.41) is 8.42. The SMILES string of the molecule is Fc1cccc(C2CCCN2c2ccc3ncc(C4=CNCC(Cl)=N4)n3n2)c1. The standard InChI is InChI=1S/C20H18ClFN6/c21-18-12-23-10-15(25-18)17-11-24-19-6-7-20(26-28(17)19)27-8-2-5-16(27)13-3-1-4-14(22)9-13/h1,3-4,6-7,9-11,16,23H,2,5,8,12H2. The van der Waals surface area contributed by atoms with Crippen LogP contribution in [0.5, 0.6) is 0 Å². The van der Waals surface area contributed by atoms with E-state index in [0.717, 1.165) is 42.1 Å². The van der Waals surface area contributed by atoms with Crippen molar-refractivity contribution in [2.45, 2.75) is 18.9 Å². The summed E-state index contributed by atoms with van der Waals surface area (Å²) in [6, 6.07) is 10.8. The van der Waals surface area contributed by atoms with E-state index in [2.05, 4.69) is 20.2 Å². The van der Waals surface area contributed by atoms with Crippen molar-refractivity contribution in [3.63, 3.8) is 0 Å². The molecule has 0 bridgehead atoms. The Morgan fingerprint density at radius 1 is 1.21 bits per heavy atom. The quantitative estimate of drug-likeness (QED) is 0.732. The van der Waals surface area contributed by atoms with E-state index < -0.39 is 0 Å². The minimum atomic E-state index is -0.212. The van der Waals surface area contributed by atoms with E-state index in [4.69, 9.17) is 16.7 Å². The number of aromatic nitrogens is 3. The lowest BCUT2D eigenvalue weighted by molar-refractivity contribution is 0.617. The smallest absolute Gasteiger partial charge is 0.154 e. The first kappa shape index (κ1) is 17.2. The Hall–Kier alpha value is -2.93. The van der Waals surface area contributed by atoms with Crippen LogP contribution >= 0.6 is 11.6 Å². The second-order valence-electron chi connectivity index (χ2n) is 6.91. The first-order valence-electron chi connectivity index (χ1n) is 9.23. The van der Waals surface area contributed by atoms with Crippen LogP contribution < -0.4 is 10.2 Å². The molecule has 0 aliphatic carbocycles. The third kappa shape index (κ3) is 3.01. The number of anilines is 1. The molecule has 142 valence electrons. The minimum absolute atomic E-state index is 0.107. The van der Waals surface area contributed by atoms with Crippen molar-refractivity contribution in [3.05, 3.63) is 65.9 Å². The lowest BCUT2D eigenvalue weighted by Crippen LogP contribution is -2.24. The van der Waals surface area contributed by atoms with E-state index in [9.17, 15) is 4.39 Å². The average Bonchev–Trinajstić information content (AvgIpc) is 3.34. The number of hydrogen-bond acceptors (Lipinski definition) is 5. The highest BCUT2D eigenvalue weighted by Crippen LogP contribution is 2.35. The normalized spacial score (nSPS) is 19.5. The third-order valence-electron chi connectivity index (χ3n) is 5.12. The summed E-state index contributed by atoms with van der Waals surface area (Å²) in [4.78, 5) is 11.0. The Bertz CT molecular complexity index is 1110. The molecule has 8 heteroatoms. The van der Waals surface area contributed by atoms with Gasteiger partial charge in [0.15, 0.2) is 5.65 Å². The zero-order chi connectivity index (χ0) is 19.1. The largest absolute Gasteiger partial charge is 0.383 e. The monoisotopic (exact) mass is 396 g/mol. The molecule has 1 fully saturated rings. The van der Waals surface area contributed by atoms with Crippen LogP contribution in [-0.2, 0) is 0 Å². The number of fused-ring (bicyclic) bond motifs is 1. The van der Waals surface area contributed by atoms with Gasteiger partial charge < -0.3 is 10.2 Å². The van der Waals surface area contributed by atoms with Gasteiger partial charge in [0.05, 0.1) is 18.8 Å². The van der Waals surface area contributed by atoms with E-state index in [1.165, 1.54) is 6.07 Å². The molecule has 28 heavy (non-hydrogen) atoms. The maximum absolute atomic E-state index is 13.7.